The fourth-order valence-corrected chi connectivity index (χ4v) is 13.8. The first kappa shape index (κ1) is 64.2. The van der Waals surface area contributed by atoms with Crippen LogP contribution < -0.4 is 9.80 Å². The van der Waals surface area contributed by atoms with Crippen LogP contribution in [0.15, 0.2) is 156 Å². The molecular weight excluding hydrogens is 1140 g/mol. The molecule has 6 nitrogen and oxygen atoms in total. The van der Waals surface area contributed by atoms with Crippen molar-refractivity contribution in [2.45, 2.75) is 134 Å². The van der Waals surface area contributed by atoms with Gasteiger partial charge in [-0.1, -0.05) is 125 Å². The van der Waals surface area contributed by atoms with Gasteiger partial charge in [0.05, 0.1) is 11.1 Å². The first-order valence-corrected chi connectivity index (χ1v) is 33.0. The van der Waals surface area contributed by atoms with Crippen LogP contribution in [0.25, 0.3) is 11.1 Å². The van der Waals surface area contributed by atoms with Crippen LogP contribution in [0.5, 0.6) is 0 Å². The van der Waals surface area contributed by atoms with Crippen molar-refractivity contribution in [2.75, 3.05) is 36.0 Å². The van der Waals surface area contributed by atoms with Crippen LogP contribution in [0.2, 0.25) is 0 Å². The molecule has 0 saturated carbocycles. The topological polar surface area (TPSA) is 22.4 Å². The lowest BCUT2D eigenvalue weighted by molar-refractivity contribution is -0.364. The Morgan fingerprint density at radius 1 is 0.380 bits per heavy atom. The maximum atomic E-state index is 16.6. The number of aromatic nitrogens is 2. The van der Waals surface area contributed by atoms with Gasteiger partial charge in [0.25, 0.3) is 0 Å². The molecule has 0 unspecified atom stereocenters. The van der Waals surface area contributed by atoms with E-state index < -0.39 is 13.9 Å². The van der Waals surface area contributed by atoms with E-state index in [1.807, 2.05) is 113 Å². The number of aryl methyl sites for hydroxylation is 4. The number of rotatable bonds is 16. The lowest BCUT2D eigenvalue weighted by Gasteiger charge is -2.34. The number of hydrogen-bond acceptors (Lipinski definition) is 2. The number of benzene rings is 5. The van der Waals surface area contributed by atoms with Gasteiger partial charge >= 0.3 is 13.9 Å². The second-order valence-electron chi connectivity index (χ2n) is 25.3. The number of halogens is 4. The van der Waals surface area contributed by atoms with Crippen molar-refractivity contribution in [3.63, 3.8) is 0 Å². The zero-order chi connectivity index (χ0) is 65.2. The molecule has 0 atom stereocenters. The maximum absolute atomic E-state index is 16.6. The van der Waals surface area contributed by atoms with Crippen molar-refractivity contribution in [3.8, 4) is 47.4 Å². The van der Waals surface area contributed by atoms with Gasteiger partial charge in [0.2, 0.25) is 0 Å². The molecule has 11 rings (SSSR count). The number of hydrogen-bond donors (Lipinski definition) is 0. The molecule has 0 fully saturated rings. The van der Waals surface area contributed by atoms with E-state index in [0.717, 1.165) is 144 Å². The predicted octanol–water partition coefficient (Wildman–Crippen LogP) is 17.8. The fraction of sp³-hybridized carbons (Fsp3) is 0.300. The molecule has 0 aliphatic carbocycles. The summed E-state index contributed by atoms with van der Waals surface area (Å²) in [6, 6.07) is 40.5. The van der Waals surface area contributed by atoms with Crippen LogP contribution >= 0.6 is 0 Å². The van der Waals surface area contributed by atoms with Gasteiger partial charge in [0, 0.05) is 131 Å². The molecule has 0 bridgehead atoms. The van der Waals surface area contributed by atoms with E-state index in [1.165, 1.54) is 29.3 Å². The molecule has 92 heavy (non-hydrogen) atoms. The first-order chi connectivity index (χ1) is 44.3. The van der Waals surface area contributed by atoms with Crippen LogP contribution in [0.3, 0.4) is 0 Å². The van der Waals surface area contributed by atoms with Crippen molar-refractivity contribution < 1.29 is 26.2 Å². The summed E-state index contributed by atoms with van der Waals surface area (Å²) in [5, 5.41) is 0. The van der Waals surface area contributed by atoms with Crippen molar-refractivity contribution in [1.82, 2.24) is 8.96 Å². The summed E-state index contributed by atoms with van der Waals surface area (Å²) < 4.78 is 71.2. The zero-order valence-electron chi connectivity index (χ0n) is 55.5. The average Bonchev–Trinajstić information content (AvgIpc) is 1.52. The molecule has 0 radical (unpaired) electrons. The Morgan fingerprint density at radius 3 is 0.946 bits per heavy atom. The molecule has 4 aliphatic heterocycles. The van der Waals surface area contributed by atoms with Crippen molar-refractivity contribution >= 4 is 47.9 Å². The molecule has 7 aromatic rings. The molecule has 0 N–H and O–H groups in total. The normalized spacial score (nSPS) is 14.8. The highest BCUT2D eigenvalue weighted by molar-refractivity contribution is 6.59. The minimum absolute atomic E-state index is 0.514. The van der Waals surface area contributed by atoms with Crippen LogP contribution in [0, 0.1) is 75.1 Å². The van der Waals surface area contributed by atoms with Crippen molar-refractivity contribution in [1.29, 1.82) is 0 Å². The minimum Gasteiger partial charge on any atom is -0.393 e. The quantitative estimate of drug-likeness (QED) is 0.0547. The van der Waals surface area contributed by atoms with Gasteiger partial charge in [-0.2, -0.15) is 0 Å². The molecular formula is C80H82B2F4N6. The number of unbranched alkanes of at least 4 members (excludes halogenated alkanes) is 4. The Hall–Kier alpha value is -9.35. The van der Waals surface area contributed by atoms with E-state index in [-0.39, 0.29) is 0 Å². The smallest absolute Gasteiger partial charge is 0.393 e. The predicted molar refractivity (Wildman–Crippen MR) is 376 cm³/mol. The van der Waals surface area contributed by atoms with Crippen LogP contribution in [-0.2, 0) is 0 Å². The highest BCUT2D eigenvalue weighted by Crippen LogP contribution is 2.46. The molecule has 2 aromatic heterocycles. The van der Waals surface area contributed by atoms with E-state index in [0.29, 0.717) is 67.8 Å². The molecule has 12 heteroatoms. The summed E-state index contributed by atoms with van der Waals surface area (Å²) >= 11 is 0. The molecule has 0 saturated heterocycles. The minimum atomic E-state index is -4.12. The van der Waals surface area contributed by atoms with Crippen molar-refractivity contribution in [3.05, 3.63) is 246 Å². The second-order valence-corrected chi connectivity index (χ2v) is 25.3. The van der Waals surface area contributed by atoms with Crippen molar-refractivity contribution in [2.24, 2.45) is 0 Å². The van der Waals surface area contributed by atoms with Crippen LogP contribution in [-0.4, -0.2) is 69.5 Å². The monoisotopic (exact) mass is 1220 g/mol. The van der Waals surface area contributed by atoms with E-state index in [4.69, 9.17) is 0 Å². The van der Waals surface area contributed by atoms with Crippen LogP contribution in [0.4, 0.5) is 28.6 Å². The Morgan fingerprint density at radius 2 is 0.663 bits per heavy atom. The average molecular weight is 1230 g/mol. The third-order valence-corrected chi connectivity index (χ3v) is 18.3. The van der Waals surface area contributed by atoms with E-state index in [9.17, 15) is 0 Å². The Balaban J connectivity index is 1.03. The summed E-state index contributed by atoms with van der Waals surface area (Å²) in [5.41, 5.74) is 18.8. The number of anilines is 2. The zero-order valence-corrected chi connectivity index (χ0v) is 55.5. The third-order valence-electron chi connectivity index (χ3n) is 18.3. The number of allylic oxidation sites excluding steroid dienone is 4. The SMILES string of the molecule is CCCCN(CCCC)c1ccc(C#Cc2cc(C#Cc3ccc(N(CCCC)CCCC)cc3)c(C#Cc3ccc(C4=C5C(C)=CC(C)=[N+]5[B-](F)(F)n5c(C)cc(C)c54)cc3)cc2C#Cc2ccc(C3=C4C(C)=CC(C)=[N+]4[B-](F)(F)n4c(C)cc(C)c43)cc2)cc1. The Labute approximate surface area is 543 Å². The van der Waals surface area contributed by atoms with E-state index in [2.05, 4.69) is 133 Å². The Kier molecular flexibility index (Phi) is 18.7. The molecule has 5 aromatic carbocycles. The fourth-order valence-electron chi connectivity index (χ4n) is 13.8. The number of nitrogens with zero attached hydrogens (tertiary/aromatic N) is 6. The van der Waals surface area contributed by atoms with Gasteiger partial charge in [-0.25, -0.2) is 0 Å². The third kappa shape index (κ3) is 12.5. The van der Waals surface area contributed by atoms with Gasteiger partial charge in [-0.3, -0.25) is 0 Å². The highest BCUT2D eigenvalue weighted by atomic mass is 19.3. The molecule has 0 amide bonds. The lowest BCUT2D eigenvalue weighted by atomic mass is 9.83. The molecule has 6 heterocycles. The van der Waals surface area contributed by atoms with E-state index >= 15 is 17.3 Å². The van der Waals surface area contributed by atoms with Gasteiger partial charge in [-0.15, -0.1) is 0 Å². The summed E-state index contributed by atoms with van der Waals surface area (Å²) in [6.07, 6.45) is 12.7. The largest absolute Gasteiger partial charge is 0.737 e. The summed E-state index contributed by atoms with van der Waals surface area (Å²) in [5.74, 6) is 27.9. The molecule has 0 spiro atoms. The van der Waals surface area contributed by atoms with Gasteiger partial charge < -0.3 is 45.0 Å². The van der Waals surface area contributed by atoms with Gasteiger partial charge in [0.15, 0.2) is 11.4 Å². The number of fused-ring (bicyclic) bond motifs is 4. The standard InChI is InChI=1S/C80H82B2F4N6/c1-13-17-45-87(46-18-14-2)73-41-29-65(30-42-73)27-39-71-54-72(40-28-66-31-43-74(44-32-66)88(47-19-15-3)48-20-16-4)70(38-26-64-23-35-68(36-24-64)76-79-57(7)51-61(11)91(79)82(85,86)92-62(12)52-58(8)80(76)92)53-69(71)37-25-63-21-33-67(34-22-63)75-77-55(5)49-59(9)89(77)81(83,84)90-60(10)50-56(6)78(75)90/h21-24,29-36,41-44,49-54H,13-20,45-48H2,1-12H3. The van der Waals surface area contributed by atoms with Crippen LogP contribution in [0.1, 0.15) is 196 Å². The summed E-state index contributed by atoms with van der Waals surface area (Å²) in [6.45, 7) is 19.3. The highest BCUT2D eigenvalue weighted by Gasteiger charge is 2.56. The summed E-state index contributed by atoms with van der Waals surface area (Å²) in [7, 11) is 0. The first-order valence-electron chi connectivity index (χ1n) is 33.0. The molecule has 4 aliphatic rings. The second kappa shape index (κ2) is 26.8. The van der Waals surface area contributed by atoms with Gasteiger partial charge in [0.1, 0.15) is 11.4 Å². The van der Waals surface area contributed by atoms with Gasteiger partial charge in [-0.05, 0) is 198 Å². The Bertz CT molecular complexity index is 4230. The lowest BCUT2D eigenvalue weighted by Crippen LogP contribution is -2.51. The summed E-state index contributed by atoms with van der Waals surface area (Å²) in [4.78, 5) is 4.94. The molecule has 466 valence electrons. The van der Waals surface area contributed by atoms with E-state index in [1.54, 1.807) is 27.7 Å². The maximum Gasteiger partial charge on any atom is 0.737 e.